The number of hydrogen-bond donors (Lipinski definition) is 1. The summed E-state index contributed by atoms with van der Waals surface area (Å²) >= 11 is 0. The number of methoxy groups -OCH3 is 1. The topological polar surface area (TPSA) is 95.0 Å². The molecule has 7 heteroatoms. The first-order valence-corrected chi connectivity index (χ1v) is 3.74. The van der Waals surface area contributed by atoms with Gasteiger partial charge in [-0.3, -0.25) is 0 Å². The monoisotopic (exact) mass is 213 g/mol. The zero-order valence-corrected chi connectivity index (χ0v) is 7.67. The highest BCUT2D eigenvalue weighted by Crippen LogP contribution is 2.14. The van der Waals surface area contributed by atoms with Crippen LogP contribution in [0.5, 0.6) is 11.6 Å². The minimum atomic E-state index is -1.45. The molecule has 0 spiro atoms. The van der Waals surface area contributed by atoms with Crippen LogP contribution in [0.4, 0.5) is 9.59 Å². The Balaban J connectivity index is 2.64. The van der Waals surface area contributed by atoms with Crippen molar-refractivity contribution >= 4 is 12.3 Å². The van der Waals surface area contributed by atoms with Crippen molar-refractivity contribution in [1.82, 2.24) is 4.98 Å². The van der Waals surface area contributed by atoms with Gasteiger partial charge in [-0.15, -0.1) is 0 Å². The zero-order valence-electron chi connectivity index (χ0n) is 7.67. The van der Waals surface area contributed by atoms with Gasteiger partial charge in [-0.1, -0.05) is 0 Å². The van der Waals surface area contributed by atoms with Crippen LogP contribution < -0.4 is 9.47 Å². The average molecular weight is 213 g/mol. The zero-order chi connectivity index (χ0) is 11.3. The molecule has 0 amide bonds. The second-order valence-corrected chi connectivity index (χ2v) is 2.26. The fourth-order valence-electron chi connectivity index (χ4n) is 0.715. The van der Waals surface area contributed by atoms with E-state index < -0.39 is 12.3 Å². The fraction of sp³-hybridized carbons (Fsp3) is 0.125. The second-order valence-electron chi connectivity index (χ2n) is 2.26. The molecule has 0 radical (unpaired) electrons. The van der Waals surface area contributed by atoms with Crippen LogP contribution in [0.2, 0.25) is 0 Å². The van der Waals surface area contributed by atoms with Gasteiger partial charge in [0.1, 0.15) is 0 Å². The van der Waals surface area contributed by atoms with E-state index in [0.29, 0.717) is 0 Å². The third kappa shape index (κ3) is 3.51. The van der Waals surface area contributed by atoms with Crippen molar-refractivity contribution in [3.05, 3.63) is 18.3 Å². The Labute approximate surface area is 84.2 Å². The molecule has 15 heavy (non-hydrogen) atoms. The number of rotatable bonds is 2. The van der Waals surface area contributed by atoms with E-state index in [0.717, 1.165) is 13.3 Å². The van der Waals surface area contributed by atoms with E-state index in [1.54, 1.807) is 0 Å². The van der Waals surface area contributed by atoms with Gasteiger partial charge in [-0.05, 0) is 6.07 Å². The van der Waals surface area contributed by atoms with Crippen LogP contribution in [0.15, 0.2) is 18.3 Å². The van der Waals surface area contributed by atoms with Gasteiger partial charge in [-0.2, -0.15) is 0 Å². The summed E-state index contributed by atoms with van der Waals surface area (Å²) in [5.41, 5.74) is 0. The number of pyridine rings is 1. The highest BCUT2D eigenvalue weighted by molar-refractivity contribution is 5.63. The molecule has 0 saturated carbocycles. The lowest BCUT2D eigenvalue weighted by Gasteiger charge is -2.02. The third-order valence-corrected chi connectivity index (χ3v) is 1.27. The summed E-state index contributed by atoms with van der Waals surface area (Å²) < 4.78 is 13.1. The van der Waals surface area contributed by atoms with Crippen LogP contribution in [0.3, 0.4) is 0 Å². The van der Waals surface area contributed by atoms with Crippen LogP contribution in [0, 0.1) is 0 Å². The van der Waals surface area contributed by atoms with Crippen LogP contribution >= 0.6 is 0 Å². The maximum atomic E-state index is 10.6. The molecule has 0 aliphatic heterocycles. The summed E-state index contributed by atoms with van der Waals surface area (Å²) in [5, 5.41) is 8.26. The van der Waals surface area contributed by atoms with Crippen LogP contribution in [0.1, 0.15) is 0 Å². The van der Waals surface area contributed by atoms with Gasteiger partial charge in [0.05, 0.1) is 13.3 Å². The van der Waals surface area contributed by atoms with Crippen molar-refractivity contribution in [2.75, 3.05) is 7.11 Å². The van der Waals surface area contributed by atoms with Gasteiger partial charge < -0.3 is 19.3 Å². The summed E-state index contributed by atoms with van der Waals surface area (Å²) in [6, 6.07) is 2.56. The number of carboxylic acid groups (broad SMARTS) is 1. The molecule has 1 aromatic heterocycles. The normalized spacial score (nSPS) is 9.13. The molecule has 1 rings (SSSR count). The molecule has 0 atom stereocenters. The number of carbonyl (C=O) groups is 2. The molecule has 1 N–H and O–H groups in total. The van der Waals surface area contributed by atoms with E-state index in [9.17, 15) is 9.59 Å². The molecule has 0 aliphatic carbocycles. The molecule has 80 valence electrons. The number of carbonyl (C=O) groups excluding carboxylic acids is 1. The number of hydrogen-bond acceptors (Lipinski definition) is 6. The molecule has 0 unspecified atom stereocenters. The van der Waals surface area contributed by atoms with E-state index >= 15 is 0 Å². The average Bonchev–Trinajstić information content (AvgIpc) is 2.20. The Kier molecular flexibility index (Phi) is 3.44. The predicted octanol–water partition coefficient (Wildman–Crippen LogP) is 1.28. The van der Waals surface area contributed by atoms with Crippen molar-refractivity contribution in [3.8, 4) is 11.6 Å². The van der Waals surface area contributed by atoms with Crippen molar-refractivity contribution in [2.45, 2.75) is 0 Å². The van der Waals surface area contributed by atoms with E-state index in [1.165, 1.54) is 12.1 Å². The Morgan fingerprint density at radius 2 is 2.07 bits per heavy atom. The van der Waals surface area contributed by atoms with Gasteiger partial charge in [0.15, 0.2) is 5.75 Å². The lowest BCUT2D eigenvalue weighted by molar-refractivity contribution is 0.119. The van der Waals surface area contributed by atoms with E-state index in [1.807, 2.05) is 0 Å². The Morgan fingerprint density at radius 3 is 2.53 bits per heavy atom. The molecular weight excluding hydrogens is 206 g/mol. The molecule has 0 aromatic carbocycles. The maximum absolute atomic E-state index is 10.6. The van der Waals surface area contributed by atoms with Crippen molar-refractivity contribution in [3.63, 3.8) is 0 Å². The minimum absolute atomic E-state index is 0.0143. The lowest BCUT2D eigenvalue weighted by Crippen LogP contribution is -2.08. The molecular formula is C8H7NO6. The third-order valence-electron chi connectivity index (χ3n) is 1.27. The molecule has 1 heterocycles. The van der Waals surface area contributed by atoms with Gasteiger partial charge in [0, 0.05) is 6.07 Å². The summed E-state index contributed by atoms with van der Waals surface area (Å²) in [5.74, 6) is 0.0132. The van der Waals surface area contributed by atoms with E-state index in [2.05, 4.69) is 19.2 Å². The first kappa shape index (κ1) is 10.8. The molecule has 7 nitrogen and oxygen atoms in total. The summed E-state index contributed by atoms with van der Waals surface area (Å²) in [4.78, 5) is 24.4. The smallest absolute Gasteiger partial charge is 0.449 e. The highest BCUT2D eigenvalue weighted by atomic mass is 16.7. The predicted molar refractivity (Wildman–Crippen MR) is 45.9 cm³/mol. The van der Waals surface area contributed by atoms with E-state index in [-0.39, 0.29) is 11.6 Å². The second kappa shape index (κ2) is 4.80. The van der Waals surface area contributed by atoms with Crippen LogP contribution in [0.25, 0.3) is 0 Å². The number of ether oxygens (including phenoxy) is 3. The fourth-order valence-corrected chi connectivity index (χ4v) is 0.715. The van der Waals surface area contributed by atoms with Gasteiger partial charge in [0.25, 0.3) is 0 Å². The summed E-state index contributed by atoms with van der Waals surface area (Å²) in [7, 11) is 1.16. The Bertz CT molecular complexity index is 360. The van der Waals surface area contributed by atoms with E-state index in [4.69, 9.17) is 5.11 Å². The number of nitrogens with zero attached hydrogens (tertiary/aromatic N) is 1. The van der Waals surface area contributed by atoms with Crippen molar-refractivity contribution < 1.29 is 28.9 Å². The van der Waals surface area contributed by atoms with Gasteiger partial charge in [0.2, 0.25) is 5.88 Å². The minimum Gasteiger partial charge on any atom is -0.449 e. The molecule has 0 aliphatic rings. The van der Waals surface area contributed by atoms with Crippen molar-refractivity contribution in [2.24, 2.45) is 0 Å². The molecule has 0 bridgehead atoms. The van der Waals surface area contributed by atoms with Crippen LogP contribution in [-0.2, 0) is 4.74 Å². The lowest BCUT2D eigenvalue weighted by atomic mass is 10.4. The molecule has 0 saturated heterocycles. The van der Waals surface area contributed by atoms with Gasteiger partial charge >= 0.3 is 12.3 Å². The quantitative estimate of drug-likeness (QED) is 0.739. The summed E-state index contributed by atoms with van der Waals surface area (Å²) in [6.45, 7) is 0. The van der Waals surface area contributed by atoms with Crippen molar-refractivity contribution in [1.29, 1.82) is 0 Å². The first-order chi connectivity index (χ1) is 7.11. The Hall–Kier alpha value is -2.31. The molecule has 0 fully saturated rings. The highest BCUT2D eigenvalue weighted by Gasteiger charge is 2.06. The number of aromatic nitrogens is 1. The SMILES string of the molecule is COC(=O)Oc1ccc(OC(=O)O)cn1. The van der Waals surface area contributed by atoms with Gasteiger partial charge in [-0.25, -0.2) is 14.6 Å². The standard InChI is InChI=1S/C8H7NO6/c1-13-8(12)15-6-3-2-5(4-9-6)14-7(10)11/h2-4H,1H3,(H,10,11). The largest absolute Gasteiger partial charge is 0.514 e. The molecule has 1 aromatic rings. The first-order valence-electron chi connectivity index (χ1n) is 3.74. The summed E-state index contributed by atoms with van der Waals surface area (Å²) in [6.07, 6.45) is -1.25. The van der Waals surface area contributed by atoms with Crippen LogP contribution in [-0.4, -0.2) is 29.5 Å². The maximum Gasteiger partial charge on any atom is 0.514 e. The Morgan fingerprint density at radius 1 is 1.33 bits per heavy atom.